The van der Waals surface area contributed by atoms with E-state index in [4.69, 9.17) is 21.1 Å². The van der Waals surface area contributed by atoms with Gasteiger partial charge >= 0.3 is 5.97 Å². The van der Waals surface area contributed by atoms with Crippen LogP contribution in [0.5, 0.6) is 0 Å². The van der Waals surface area contributed by atoms with Crippen LogP contribution in [-0.4, -0.2) is 34.3 Å². The molecule has 0 amide bonds. The van der Waals surface area contributed by atoms with Crippen LogP contribution in [0.3, 0.4) is 0 Å². The van der Waals surface area contributed by atoms with Gasteiger partial charge in [0, 0.05) is 17.1 Å². The molecule has 2 heterocycles. The monoisotopic (exact) mass is 434 g/mol. The van der Waals surface area contributed by atoms with Crippen LogP contribution in [0.25, 0.3) is 0 Å². The molecule has 0 radical (unpaired) electrons. The molecular formula is C23H27ClO6. The van der Waals surface area contributed by atoms with Gasteiger partial charge in [0.25, 0.3) is 0 Å². The van der Waals surface area contributed by atoms with E-state index < -0.39 is 47.0 Å². The van der Waals surface area contributed by atoms with Gasteiger partial charge in [-0.3, -0.25) is 14.4 Å². The smallest absolute Gasteiger partial charge is 0.318 e. The highest BCUT2D eigenvalue weighted by Gasteiger charge is 2.64. The van der Waals surface area contributed by atoms with E-state index in [0.29, 0.717) is 22.8 Å². The van der Waals surface area contributed by atoms with Crippen molar-refractivity contribution >= 4 is 29.1 Å². The number of halogens is 1. The second-order valence-corrected chi connectivity index (χ2v) is 8.83. The molecule has 2 aliphatic heterocycles. The zero-order valence-electron chi connectivity index (χ0n) is 17.8. The van der Waals surface area contributed by atoms with Crippen molar-refractivity contribution in [3.05, 3.63) is 46.4 Å². The van der Waals surface area contributed by atoms with Crippen molar-refractivity contribution < 1.29 is 29.0 Å². The molecule has 0 aromatic carbocycles. The van der Waals surface area contributed by atoms with Gasteiger partial charge in [-0.2, -0.15) is 0 Å². The topological polar surface area (TPSA) is 89.9 Å². The van der Waals surface area contributed by atoms with Gasteiger partial charge in [-0.1, -0.05) is 44.9 Å². The molecule has 0 saturated carbocycles. The molecule has 30 heavy (non-hydrogen) atoms. The largest absolute Gasteiger partial charge is 0.465 e. The Bertz CT molecular complexity index is 909. The van der Waals surface area contributed by atoms with Gasteiger partial charge in [0.2, 0.25) is 5.78 Å². The predicted octanol–water partition coefficient (Wildman–Crippen LogP) is 3.60. The summed E-state index contributed by atoms with van der Waals surface area (Å²) in [5.74, 6) is -3.83. The van der Waals surface area contributed by atoms with Crippen LogP contribution < -0.4 is 0 Å². The first-order valence-electron chi connectivity index (χ1n) is 10.2. The van der Waals surface area contributed by atoms with Crippen LogP contribution in [0.2, 0.25) is 0 Å². The maximum Gasteiger partial charge on any atom is 0.318 e. The van der Waals surface area contributed by atoms with Crippen molar-refractivity contribution in [2.75, 3.05) is 0 Å². The van der Waals surface area contributed by atoms with E-state index in [-0.39, 0.29) is 5.03 Å². The minimum Gasteiger partial charge on any atom is -0.465 e. The summed E-state index contributed by atoms with van der Waals surface area (Å²) in [6.07, 6.45) is 6.93. The number of hydrogen-bond acceptors (Lipinski definition) is 6. The third-order valence-corrected chi connectivity index (χ3v) is 6.72. The summed E-state index contributed by atoms with van der Waals surface area (Å²) in [6.45, 7) is 8.65. The number of ether oxygens (including phenoxy) is 2. The highest BCUT2D eigenvalue weighted by atomic mass is 35.5. The van der Waals surface area contributed by atoms with E-state index in [0.717, 1.165) is 6.42 Å². The highest BCUT2D eigenvalue weighted by Crippen LogP contribution is 2.52. The number of esters is 1. The molecule has 0 aromatic heterocycles. The number of carbonyl (C=O) groups excluding carboxylic acids is 3. The van der Waals surface area contributed by atoms with Gasteiger partial charge in [0.1, 0.15) is 11.7 Å². The lowest BCUT2D eigenvalue weighted by atomic mass is 9.66. The molecule has 6 atom stereocenters. The van der Waals surface area contributed by atoms with Crippen LogP contribution in [0, 0.1) is 23.7 Å². The van der Waals surface area contributed by atoms with E-state index >= 15 is 0 Å². The van der Waals surface area contributed by atoms with Crippen LogP contribution in [0.1, 0.15) is 41.0 Å². The third kappa shape index (κ3) is 3.56. The molecule has 1 fully saturated rings. The number of ketones is 2. The van der Waals surface area contributed by atoms with Crippen molar-refractivity contribution in [2.45, 2.75) is 52.7 Å². The number of aliphatic hydroxyl groups is 1. The van der Waals surface area contributed by atoms with Gasteiger partial charge < -0.3 is 14.6 Å². The van der Waals surface area contributed by atoms with Crippen molar-refractivity contribution in [1.82, 2.24) is 0 Å². The molecule has 3 aliphatic rings. The Hall–Kier alpha value is -2.18. The number of hydrogen-bond donors (Lipinski definition) is 1. The van der Waals surface area contributed by atoms with Gasteiger partial charge in [-0.25, -0.2) is 0 Å². The average Bonchev–Trinajstić information content (AvgIpc) is 3.00. The molecule has 0 unspecified atom stereocenters. The lowest BCUT2D eigenvalue weighted by Crippen LogP contribution is -2.48. The van der Waals surface area contributed by atoms with Crippen molar-refractivity contribution in [3.63, 3.8) is 0 Å². The minimum absolute atomic E-state index is 0.0535. The van der Waals surface area contributed by atoms with Crippen LogP contribution >= 0.6 is 11.6 Å². The summed E-state index contributed by atoms with van der Waals surface area (Å²) in [5, 5.41) is 9.80. The van der Waals surface area contributed by atoms with E-state index in [2.05, 4.69) is 13.8 Å². The Morgan fingerprint density at radius 2 is 2.00 bits per heavy atom. The SMILES string of the molecule is CC[C@@H](C)/C=C/C1=CC2=C(Cl)C(=O)[C@@]3(C)OC(=O)[C@H](C(=O)[C@H](C)[C@H](C)O)[C@H]3C2=CO1. The molecule has 6 nitrogen and oxygen atoms in total. The first-order chi connectivity index (χ1) is 14.0. The van der Waals surface area contributed by atoms with Gasteiger partial charge in [0.15, 0.2) is 11.4 Å². The summed E-state index contributed by atoms with van der Waals surface area (Å²) >= 11 is 6.39. The van der Waals surface area contributed by atoms with E-state index in [9.17, 15) is 19.5 Å². The normalized spacial score (nSPS) is 31.3. The average molecular weight is 435 g/mol. The number of fused-ring (bicyclic) bond motifs is 3. The molecule has 0 aromatic rings. The molecule has 0 spiro atoms. The third-order valence-electron chi connectivity index (χ3n) is 6.35. The molecule has 0 bridgehead atoms. The molecule has 1 N–H and O–H groups in total. The first kappa shape index (κ1) is 22.5. The molecule has 1 aliphatic carbocycles. The van der Waals surface area contributed by atoms with Gasteiger partial charge in [0.05, 0.1) is 23.3 Å². The zero-order chi connectivity index (χ0) is 22.4. The summed E-state index contributed by atoms with van der Waals surface area (Å²) < 4.78 is 11.2. The number of carbonyl (C=O) groups is 3. The Morgan fingerprint density at radius 3 is 2.60 bits per heavy atom. The van der Waals surface area contributed by atoms with Crippen molar-refractivity contribution in [2.24, 2.45) is 23.7 Å². The van der Waals surface area contributed by atoms with Crippen LogP contribution in [-0.2, 0) is 23.9 Å². The zero-order valence-corrected chi connectivity index (χ0v) is 18.5. The Balaban J connectivity index is 2.05. The molecule has 7 heteroatoms. The van der Waals surface area contributed by atoms with E-state index in [1.54, 1.807) is 13.0 Å². The molecule has 1 saturated heterocycles. The predicted molar refractivity (Wildman–Crippen MR) is 111 cm³/mol. The Morgan fingerprint density at radius 1 is 1.33 bits per heavy atom. The standard InChI is InChI=1S/C23H27ClO6/c1-6-11(2)7-8-14-9-15-16(10-29-14)18-17(20(26)12(3)13(4)25)22(28)30-23(18,5)21(27)19(15)24/h7-13,17-18,25H,6H2,1-5H3/b8-7+/t11-,12-,13+,17+,18-,23+/m1/s1. The number of aliphatic hydroxyl groups excluding tert-OH is 1. The maximum atomic E-state index is 13.1. The van der Waals surface area contributed by atoms with E-state index in [1.165, 1.54) is 20.1 Å². The summed E-state index contributed by atoms with van der Waals surface area (Å²) in [7, 11) is 0. The molecule has 3 rings (SSSR count). The van der Waals surface area contributed by atoms with Crippen LogP contribution in [0.4, 0.5) is 0 Å². The second kappa shape index (κ2) is 8.16. The molecular weight excluding hydrogens is 408 g/mol. The van der Waals surface area contributed by atoms with Crippen molar-refractivity contribution in [3.8, 4) is 0 Å². The summed E-state index contributed by atoms with van der Waals surface area (Å²) in [6, 6.07) is 0. The number of Topliss-reactive ketones (excluding diaryl/α,β-unsaturated/α-hetero) is 2. The quantitative estimate of drug-likeness (QED) is 0.507. The van der Waals surface area contributed by atoms with Crippen molar-refractivity contribution in [1.29, 1.82) is 0 Å². The maximum absolute atomic E-state index is 13.1. The lowest BCUT2D eigenvalue weighted by molar-refractivity contribution is -0.157. The molecule has 162 valence electrons. The first-order valence-corrected chi connectivity index (χ1v) is 10.6. The Kier molecular flexibility index (Phi) is 6.12. The number of rotatable bonds is 6. The number of allylic oxidation sites excluding steroid dienone is 4. The Labute approximate surface area is 181 Å². The summed E-state index contributed by atoms with van der Waals surface area (Å²) in [5.41, 5.74) is -0.687. The second-order valence-electron chi connectivity index (χ2n) is 8.45. The highest BCUT2D eigenvalue weighted by molar-refractivity contribution is 6.45. The lowest BCUT2D eigenvalue weighted by Gasteiger charge is -2.37. The fourth-order valence-electron chi connectivity index (χ4n) is 3.96. The van der Waals surface area contributed by atoms with Gasteiger partial charge in [-0.05, 0) is 31.9 Å². The fourth-order valence-corrected chi connectivity index (χ4v) is 4.31. The minimum atomic E-state index is -1.59. The van der Waals surface area contributed by atoms with Crippen LogP contribution in [0.15, 0.2) is 46.4 Å². The van der Waals surface area contributed by atoms with E-state index in [1.807, 2.05) is 12.2 Å². The van der Waals surface area contributed by atoms with Gasteiger partial charge in [-0.15, -0.1) is 0 Å². The summed E-state index contributed by atoms with van der Waals surface area (Å²) in [4.78, 5) is 38.8. The fraction of sp³-hybridized carbons (Fsp3) is 0.522.